The minimum atomic E-state index is -3.67. The Balaban J connectivity index is 1.76. The Hall–Kier alpha value is -1.93. The third-order valence-electron chi connectivity index (χ3n) is 4.58. The van der Waals surface area contributed by atoms with E-state index in [4.69, 9.17) is 0 Å². The number of carbonyl (C=O) groups excluding carboxylic acids is 2. The van der Waals surface area contributed by atoms with Crippen LogP contribution in [-0.4, -0.2) is 26.8 Å². The zero-order valence-corrected chi connectivity index (χ0v) is 16.1. The molecule has 8 heteroatoms. The van der Waals surface area contributed by atoms with Gasteiger partial charge in [-0.15, -0.1) is 0 Å². The lowest BCUT2D eigenvalue weighted by Crippen LogP contribution is -2.45. The van der Waals surface area contributed by atoms with Gasteiger partial charge in [-0.2, -0.15) is 0 Å². The molecule has 2 amide bonds. The summed E-state index contributed by atoms with van der Waals surface area (Å²) >= 11 is 0. The summed E-state index contributed by atoms with van der Waals surface area (Å²) in [5.41, 5.74) is 6.28. The van der Waals surface area contributed by atoms with Crippen LogP contribution < -0.4 is 15.6 Å². The molecule has 1 saturated carbocycles. The number of benzene rings is 1. The third-order valence-corrected chi connectivity index (χ3v) is 6.18. The lowest BCUT2D eigenvalue weighted by atomic mass is 9.89. The Bertz CT molecular complexity index is 756. The second-order valence-corrected chi connectivity index (χ2v) is 8.52. The molecule has 26 heavy (non-hydrogen) atoms. The number of nitrogens with one attached hydrogen (secondary N) is 3. The van der Waals surface area contributed by atoms with Crippen molar-refractivity contribution in [2.24, 2.45) is 5.92 Å². The molecule has 0 bridgehead atoms. The fraction of sp³-hybridized carbons (Fsp3) is 0.556. The van der Waals surface area contributed by atoms with E-state index in [-0.39, 0.29) is 29.7 Å². The van der Waals surface area contributed by atoms with Crippen LogP contribution >= 0.6 is 0 Å². The van der Waals surface area contributed by atoms with Gasteiger partial charge in [0.2, 0.25) is 21.8 Å². The van der Waals surface area contributed by atoms with Crippen molar-refractivity contribution in [1.29, 1.82) is 0 Å². The topological polar surface area (TPSA) is 104 Å². The molecule has 3 N–H and O–H groups in total. The zero-order valence-electron chi connectivity index (χ0n) is 15.3. The Labute approximate surface area is 155 Å². The van der Waals surface area contributed by atoms with E-state index >= 15 is 0 Å². The van der Waals surface area contributed by atoms with Crippen molar-refractivity contribution >= 4 is 21.8 Å². The van der Waals surface area contributed by atoms with Gasteiger partial charge in [0.25, 0.3) is 0 Å². The Morgan fingerprint density at radius 3 is 2.46 bits per heavy atom. The summed E-state index contributed by atoms with van der Waals surface area (Å²) in [5, 5.41) is 0. The summed E-state index contributed by atoms with van der Waals surface area (Å²) in [7, 11) is -3.67. The van der Waals surface area contributed by atoms with Crippen molar-refractivity contribution in [3.05, 3.63) is 29.3 Å². The Kier molecular flexibility index (Phi) is 7.16. The average Bonchev–Trinajstić information content (AvgIpc) is 2.62. The van der Waals surface area contributed by atoms with Gasteiger partial charge in [0.1, 0.15) is 0 Å². The number of rotatable bonds is 6. The van der Waals surface area contributed by atoms with E-state index in [1.807, 2.05) is 13.0 Å². The first-order chi connectivity index (χ1) is 12.3. The maximum Gasteiger partial charge on any atom is 0.241 e. The first kappa shape index (κ1) is 20.4. The summed E-state index contributed by atoms with van der Waals surface area (Å²) < 4.78 is 27.1. The van der Waals surface area contributed by atoms with E-state index in [1.165, 1.54) is 0 Å². The normalized spacial score (nSPS) is 15.5. The highest BCUT2D eigenvalue weighted by atomic mass is 32.2. The molecule has 144 valence electrons. The van der Waals surface area contributed by atoms with Gasteiger partial charge in [0.05, 0.1) is 4.90 Å². The van der Waals surface area contributed by atoms with E-state index in [2.05, 4.69) is 15.6 Å². The highest BCUT2D eigenvalue weighted by molar-refractivity contribution is 7.89. The van der Waals surface area contributed by atoms with Gasteiger partial charge in [-0.3, -0.25) is 20.4 Å². The van der Waals surface area contributed by atoms with Crippen LogP contribution in [-0.2, 0) is 19.6 Å². The molecule has 0 atom stereocenters. The lowest BCUT2D eigenvalue weighted by Gasteiger charge is -2.20. The fourth-order valence-corrected chi connectivity index (χ4v) is 4.39. The first-order valence-electron chi connectivity index (χ1n) is 8.95. The SMILES string of the molecule is Cc1ccc(C)c(S(=O)(=O)NCCC(=O)NNC(=O)C2CCCCC2)c1. The van der Waals surface area contributed by atoms with Crippen LogP contribution in [0.3, 0.4) is 0 Å². The maximum absolute atomic E-state index is 12.3. The fourth-order valence-electron chi connectivity index (χ4n) is 3.03. The highest BCUT2D eigenvalue weighted by Crippen LogP contribution is 2.23. The maximum atomic E-state index is 12.3. The molecular formula is C18H27N3O4S. The molecule has 1 aromatic rings. The summed E-state index contributed by atoms with van der Waals surface area (Å²) in [6.45, 7) is 3.50. The van der Waals surface area contributed by atoms with E-state index in [0.29, 0.717) is 5.56 Å². The second-order valence-electron chi connectivity index (χ2n) is 6.79. The predicted molar refractivity (Wildman–Crippen MR) is 98.6 cm³/mol. The second kappa shape index (κ2) is 9.14. The molecule has 0 aliphatic heterocycles. The van der Waals surface area contributed by atoms with Gasteiger partial charge >= 0.3 is 0 Å². The van der Waals surface area contributed by atoms with Gasteiger partial charge in [-0.05, 0) is 43.9 Å². The third kappa shape index (κ3) is 5.81. The quantitative estimate of drug-likeness (QED) is 0.652. The van der Waals surface area contributed by atoms with Crippen molar-refractivity contribution < 1.29 is 18.0 Å². The molecule has 0 radical (unpaired) electrons. The minimum absolute atomic E-state index is 0.0408. The van der Waals surface area contributed by atoms with E-state index in [1.54, 1.807) is 19.1 Å². The van der Waals surface area contributed by atoms with Gasteiger partial charge in [-0.25, -0.2) is 13.1 Å². The van der Waals surface area contributed by atoms with Crippen LogP contribution in [0.4, 0.5) is 0 Å². The predicted octanol–water partition coefficient (Wildman–Crippen LogP) is 1.70. The van der Waals surface area contributed by atoms with Crippen LogP contribution in [0.1, 0.15) is 49.7 Å². The molecule has 1 aromatic carbocycles. The summed E-state index contributed by atoms with van der Waals surface area (Å²) in [4.78, 5) is 24.0. The molecule has 0 spiro atoms. The minimum Gasteiger partial charge on any atom is -0.273 e. The number of hydrogen-bond acceptors (Lipinski definition) is 4. The van der Waals surface area contributed by atoms with Crippen molar-refractivity contribution in [3.63, 3.8) is 0 Å². The molecule has 0 saturated heterocycles. The average molecular weight is 381 g/mol. The number of aryl methyl sites for hydroxylation is 2. The van der Waals surface area contributed by atoms with E-state index in [9.17, 15) is 18.0 Å². The standard InChI is InChI=1S/C18H27N3O4S/c1-13-8-9-14(2)16(12-13)26(24,25)19-11-10-17(22)20-21-18(23)15-6-4-3-5-7-15/h8-9,12,15,19H,3-7,10-11H2,1-2H3,(H,20,22)(H,21,23). The summed E-state index contributed by atoms with van der Waals surface area (Å²) in [5.74, 6) is -0.654. The number of hydrogen-bond donors (Lipinski definition) is 3. The first-order valence-corrected chi connectivity index (χ1v) is 10.4. The van der Waals surface area contributed by atoms with Crippen LogP contribution in [0.25, 0.3) is 0 Å². The summed E-state index contributed by atoms with van der Waals surface area (Å²) in [6, 6.07) is 5.19. The number of hydrazine groups is 1. The van der Waals surface area contributed by atoms with Crippen LogP contribution in [0.5, 0.6) is 0 Å². The zero-order chi connectivity index (χ0) is 19.2. The van der Waals surface area contributed by atoms with Gasteiger partial charge in [0.15, 0.2) is 0 Å². The largest absolute Gasteiger partial charge is 0.273 e. The molecule has 0 heterocycles. The van der Waals surface area contributed by atoms with Crippen molar-refractivity contribution in [3.8, 4) is 0 Å². The van der Waals surface area contributed by atoms with Crippen molar-refractivity contribution in [1.82, 2.24) is 15.6 Å². The highest BCUT2D eigenvalue weighted by Gasteiger charge is 2.21. The van der Waals surface area contributed by atoms with E-state index < -0.39 is 15.9 Å². The van der Waals surface area contributed by atoms with E-state index in [0.717, 1.165) is 37.7 Å². The van der Waals surface area contributed by atoms with Crippen LogP contribution in [0.15, 0.2) is 23.1 Å². The molecule has 0 unspecified atom stereocenters. The molecular weight excluding hydrogens is 354 g/mol. The molecule has 1 aliphatic carbocycles. The van der Waals surface area contributed by atoms with Crippen molar-refractivity contribution in [2.45, 2.75) is 57.3 Å². The number of amides is 2. The molecule has 1 fully saturated rings. The monoisotopic (exact) mass is 381 g/mol. The Morgan fingerprint density at radius 2 is 1.77 bits per heavy atom. The van der Waals surface area contributed by atoms with Crippen LogP contribution in [0.2, 0.25) is 0 Å². The van der Waals surface area contributed by atoms with Gasteiger partial charge in [-0.1, -0.05) is 31.4 Å². The molecule has 1 aliphatic rings. The molecule has 2 rings (SSSR count). The summed E-state index contributed by atoms with van der Waals surface area (Å²) in [6.07, 6.45) is 4.85. The molecule has 7 nitrogen and oxygen atoms in total. The number of carbonyl (C=O) groups is 2. The number of sulfonamides is 1. The lowest BCUT2D eigenvalue weighted by molar-refractivity contribution is -0.131. The smallest absolute Gasteiger partial charge is 0.241 e. The van der Waals surface area contributed by atoms with Crippen LogP contribution in [0, 0.1) is 19.8 Å². The van der Waals surface area contributed by atoms with Gasteiger partial charge < -0.3 is 0 Å². The van der Waals surface area contributed by atoms with Crippen molar-refractivity contribution in [2.75, 3.05) is 6.54 Å². The Morgan fingerprint density at radius 1 is 1.08 bits per heavy atom. The molecule has 0 aromatic heterocycles. The van der Waals surface area contributed by atoms with Gasteiger partial charge in [0, 0.05) is 18.9 Å².